The van der Waals surface area contributed by atoms with E-state index in [1.54, 1.807) is 0 Å². The molecule has 0 aromatic carbocycles. The molecule has 0 aromatic heterocycles. The maximum Gasteiger partial charge on any atom is 0.399 e. The highest BCUT2D eigenvalue weighted by molar-refractivity contribution is 7.81. The third-order valence-corrected chi connectivity index (χ3v) is 9.15. The van der Waals surface area contributed by atoms with Crippen LogP contribution in [0.15, 0.2) is 0 Å². The van der Waals surface area contributed by atoms with E-state index < -0.39 is 10.4 Å². The first-order valence-corrected chi connectivity index (χ1v) is 18.8. The van der Waals surface area contributed by atoms with Crippen molar-refractivity contribution in [3.63, 3.8) is 0 Å². The molecule has 0 fully saturated rings. The summed E-state index contributed by atoms with van der Waals surface area (Å²) in [6.45, 7) is 9.85. The summed E-state index contributed by atoms with van der Waals surface area (Å²) >= 11 is 0. The number of hydrogen-bond donors (Lipinski definition) is 0. The minimum absolute atomic E-state index is 0.245. The molecule has 2 unspecified atom stereocenters. The van der Waals surface area contributed by atoms with E-state index in [1.165, 1.54) is 128 Å². The molecule has 236 valence electrons. The van der Waals surface area contributed by atoms with Gasteiger partial charge in [0, 0.05) is 0 Å². The van der Waals surface area contributed by atoms with Crippen LogP contribution < -0.4 is 0 Å². The minimum Gasteiger partial charge on any atom is -0.248 e. The fourth-order valence-electron chi connectivity index (χ4n) is 5.44. The van der Waals surface area contributed by atoms with E-state index in [2.05, 4.69) is 27.7 Å². The van der Waals surface area contributed by atoms with Gasteiger partial charge in [-0.2, -0.15) is 8.42 Å². The fraction of sp³-hybridized carbons (Fsp3) is 1.00. The first-order valence-electron chi connectivity index (χ1n) is 17.4. The zero-order valence-corrected chi connectivity index (χ0v) is 27.8. The molecule has 0 spiro atoms. The molecule has 0 aromatic rings. The van der Waals surface area contributed by atoms with E-state index in [1.807, 2.05) is 0 Å². The Hall–Kier alpha value is -0.130. The Morgan fingerprint density at radius 2 is 0.667 bits per heavy atom. The number of hydrogen-bond acceptors (Lipinski definition) is 4. The van der Waals surface area contributed by atoms with Gasteiger partial charge in [-0.1, -0.05) is 182 Å². The Labute approximate surface area is 246 Å². The van der Waals surface area contributed by atoms with Crippen molar-refractivity contribution in [2.75, 3.05) is 13.2 Å². The summed E-state index contributed by atoms with van der Waals surface area (Å²) in [4.78, 5) is 0. The van der Waals surface area contributed by atoms with Crippen molar-refractivity contribution in [3.8, 4) is 0 Å². The lowest BCUT2D eigenvalue weighted by molar-refractivity contribution is 0.208. The van der Waals surface area contributed by atoms with Gasteiger partial charge in [-0.15, -0.1) is 0 Å². The highest BCUT2D eigenvalue weighted by atomic mass is 32.3. The van der Waals surface area contributed by atoms with E-state index >= 15 is 0 Å². The summed E-state index contributed by atoms with van der Waals surface area (Å²) in [6.07, 6.45) is 32.9. The van der Waals surface area contributed by atoms with E-state index in [9.17, 15) is 8.42 Å². The van der Waals surface area contributed by atoms with Crippen molar-refractivity contribution in [1.82, 2.24) is 0 Å². The van der Waals surface area contributed by atoms with Gasteiger partial charge in [-0.3, -0.25) is 0 Å². The molecular formula is C34H70O4S. The molecule has 0 rings (SSSR count). The van der Waals surface area contributed by atoms with Crippen LogP contribution in [0, 0.1) is 11.8 Å². The average molecular weight is 575 g/mol. The first-order chi connectivity index (χ1) is 18.9. The summed E-state index contributed by atoms with van der Waals surface area (Å²) in [5.41, 5.74) is 0. The predicted octanol–water partition coefficient (Wildman–Crippen LogP) is 11.7. The topological polar surface area (TPSA) is 52.6 Å². The van der Waals surface area contributed by atoms with E-state index in [0.717, 1.165) is 50.4 Å². The van der Waals surface area contributed by atoms with Gasteiger partial charge in [0.1, 0.15) is 0 Å². The van der Waals surface area contributed by atoms with Gasteiger partial charge in [-0.25, -0.2) is 8.37 Å². The van der Waals surface area contributed by atoms with Crippen molar-refractivity contribution in [2.24, 2.45) is 11.8 Å². The SMILES string of the molecule is CCCCCCC(C)CCCCCCCCCOS(=O)(=O)OCCCCCCCCCC(C)CCCCCC. The monoisotopic (exact) mass is 574 g/mol. The molecule has 0 aliphatic heterocycles. The molecule has 0 saturated heterocycles. The Bertz CT molecular complexity index is 534. The quantitative estimate of drug-likeness (QED) is 0.0750. The van der Waals surface area contributed by atoms with Crippen molar-refractivity contribution in [1.29, 1.82) is 0 Å². The van der Waals surface area contributed by atoms with Crippen molar-refractivity contribution in [2.45, 2.75) is 195 Å². The molecule has 0 heterocycles. The summed E-state index contributed by atoms with van der Waals surface area (Å²) < 4.78 is 33.9. The second-order valence-corrected chi connectivity index (χ2v) is 13.8. The maximum absolute atomic E-state index is 11.9. The zero-order chi connectivity index (χ0) is 28.9. The van der Waals surface area contributed by atoms with Crippen LogP contribution in [0.25, 0.3) is 0 Å². The predicted molar refractivity (Wildman–Crippen MR) is 171 cm³/mol. The van der Waals surface area contributed by atoms with E-state index in [-0.39, 0.29) is 13.2 Å². The van der Waals surface area contributed by atoms with Crippen LogP contribution in [0.4, 0.5) is 0 Å². The van der Waals surface area contributed by atoms with E-state index in [4.69, 9.17) is 8.37 Å². The minimum atomic E-state index is -3.83. The van der Waals surface area contributed by atoms with Crippen LogP contribution in [-0.4, -0.2) is 21.6 Å². The summed E-state index contributed by atoms with van der Waals surface area (Å²) in [6, 6.07) is 0. The van der Waals surface area contributed by atoms with Gasteiger partial charge >= 0.3 is 10.4 Å². The van der Waals surface area contributed by atoms with Crippen molar-refractivity contribution < 1.29 is 16.8 Å². The molecular weight excluding hydrogens is 504 g/mol. The highest BCUT2D eigenvalue weighted by Crippen LogP contribution is 2.19. The maximum atomic E-state index is 11.9. The lowest BCUT2D eigenvalue weighted by atomic mass is 9.96. The molecule has 0 N–H and O–H groups in total. The smallest absolute Gasteiger partial charge is 0.248 e. The largest absolute Gasteiger partial charge is 0.399 e. The van der Waals surface area contributed by atoms with Gasteiger partial charge in [0.25, 0.3) is 0 Å². The zero-order valence-electron chi connectivity index (χ0n) is 27.0. The highest BCUT2D eigenvalue weighted by Gasteiger charge is 2.11. The third-order valence-electron chi connectivity index (χ3n) is 8.24. The lowest BCUT2D eigenvalue weighted by Crippen LogP contribution is -2.12. The molecule has 5 heteroatoms. The second-order valence-electron chi connectivity index (χ2n) is 12.5. The van der Waals surface area contributed by atoms with Crippen LogP contribution in [0.3, 0.4) is 0 Å². The van der Waals surface area contributed by atoms with Crippen LogP contribution in [0.2, 0.25) is 0 Å². The lowest BCUT2D eigenvalue weighted by Gasteiger charge is -2.11. The molecule has 0 radical (unpaired) electrons. The van der Waals surface area contributed by atoms with Gasteiger partial charge < -0.3 is 0 Å². The summed E-state index contributed by atoms with van der Waals surface area (Å²) in [5.74, 6) is 1.75. The average Bonchev–Trinajstić information content (AvgIpc) is 2.91. The van der Waals surface area contributed by atoms with Crippen LogP contribution >= 0.6 is 0 Å². The molecule has 39 heavy (non-hydrogen) atoms. The van der Waals surface area contributed by atoms with Gasteiger partial charge in [0.05, 0.1) is 13.2 Å². The third kappa shape index (κ3) is 30.7. The van der Waals surface area contributed by atoms with E-state index in [0.29, 0.717) is 0 Å². The Kier molecular flexibility index (Phi) is 29.3. The summed E-state index contributed by atoms with van der Waals surface area (Å²) in [5, 5.41) is 0. The Morgan fingerprint density at radius 1 is 0.410 bits per heavy atom. The number of rotatable bonds is 32. The molecule has 0 amide bonds. The van der Waals surface area contributed by atoms with Gasteiger partial charge in [0.15, 0.2) is 0 Å². The van der Waals surface area contributed by atoms with Crippen LogP contribution in [0.1, 0.15) is 195 Å². The van der Waals surface area contributed by atoms with Crippen molar-refractivity contribution in [3.05, 3.63) is 0 Å². The Morgan fingerprint density at radius 3 is 0.974 bits per heavy atom. The molecule has 0 aliphatic rings. The first kappa shape index (κ1) is 38.9. The molecule has 4 nitrogen and oxygen atoms in total. The Balaban J connectivity index is 3.41. The van der Waals surface area contributed by atoms with Gasteiger partial charge in [0.2, 0.25) is 0 Å². The second kappa shape index (κ2) is 29.4. The molecule has 0 saturated carbocycles. The fourth-order valence-corrected chi connectivity index (χ4v) is 6.15. The standard InChI is InChI=1S/C34H70O4S/c1-5-7-9-21-27-33(3)29-23-17-13-11-15-19-25-31-37-39(35,36)38-32-26-20-16-12-14-18-24-30-34(4)28-22-10-8-6-2/h33-34H,5-32H2,1-4H3. The van der Waals surface area contributed by atoms with Gasteiger partial charge in [-0.05, 0) is 24.7 Å². The molecule has 2 atom stereocenters. The van der Waals surface area contributed by atoms with Crippen molar-refractivity contribution >= 4 is 10.4 Å². The molecule has 0 bridgehead atoms. The van der Waals surface area contributed by atoms with Crippen LogP contribution in [-0.2, 0) is 18.8 Å². The van der Waals surface area contributed by atoms with Crippen LogP contribution in [0.5, 0.6) is 0 Å². The molecule has 0 aliphatic carbocycles. The normalized spacial score (nSPS) is 13.6. The summed E-state index contributed by atoms with van der Waals surface area (Å²) in [7, 11) is -3.83. The number of unbranched alkanes of at least 4 members (excludes halogenated alkanes) is 18.